The average Bonchev–Trinajstić information content (AvgIpc) is 2.93. The average molecular weight is 239 g/mol. The Morgan fingerprint density at radius 3 is 2.76 bits per heavy atom. The second-order valence-electron chi connectivity index (χ2n) is 5.17. The lowest BCUT2D eigenvalue weighted by Crippen LogP contribution is -2.39. The zero-order valence-corrected chi connectivity index (χ0v) is 11.0. The van der Waals surface area contributed by atoms with Crippen molar-refractivity contribution < 1.29 is 4.79 Å². The van der Waals surface area contributed by atoms with Crippen LogP contribution in [-0.4, -0.2) is 54.6 Å². The highest BCUT2D eigenvalue weighted by molar-refractivity contribution is 5.80. The van der Waals surface area contributed by atoms with Crippen LogP contribution in [0.15, 0.2) is 0 Å². The summed E-state index contributed by atoms with van der Waals surface area (Å²) in [5, 5.41) is 3.30. The van der Waals surface area contributed by atoms with Crippen molar-refractivity contribution in [2.24, 2.45) is 0 Å². The summed E-state index contributed by atoms with van der Waals surface area (Å²) in [7, 11) is 0. The van der Waals surface area contributed by atoms with Gasteiger partial charge >= 0.3 is 0 Å². The number of hydrogen-bond donors (Lipinski definition) is 1. The molecule has 1 atom stereocenters. The van der Waals surface area contributed by atoms with E-state index in [4.69, 9.17) is 0 Å². The van der Waals surface area contributed by atoms with Crippen LogP contribution in [0.25, 0.3) is 0 Å². The Balaban J connectivity index is 1.70. The third-order valence-electron chi connectivity index (χ3n) is 3.82. The second kappa shape index (κ2) is 6.36. The number of likely N-dealkylation sites (tertiary alicyclic amines) is 1. The van der Waals surface area contributed by atoms with Gasteiger partial charge in [-0.2, -0.15) is 0 Å². The van der Waals surface area contributed by atoms with Crippen LogP contribution < -0.4 is 5.32 Å². The Bertz CT molecular complexity index is 251. The van der Waals surface area contributed by atoms with Gasteiger partial charge in [0.25, 0.3) is 0 Å². The number of nitrogens with one attached hydrogen (secondary N) is 1. The van der Waals surface area contributed by atoms with Gasteiger partial charge in [0, 0.05) is 6.54 Å². The fourth-order valence-electron chi connectivity index (χ4n) is 2.87. The van der Waals surface area contributed by atoms with Gasteiger partial charge in [0.2, 0.25) is 5.91 Å². The van der Waals surface area contributed by atoms with Crippen LogP contribution in [0.4, 0.5) is 0 Å². The van der Waals surface area contributed by atoms with Gasteiger partial charge in [-0.3, -0.25) is 10.1 Å². The monoisotopic (exact) mass is 239 g/mol. The van der Waals surface area contributed by atoms with E-state index in [9.17, 15) is 4.79 Å². The van der Waals surface area contributed by atoms with Gasteiger partial charge in [-0.05, 0) is 45.3 Å². The van der Waals surface area contributed by atoms with E-state index in [0.29, 0.717) is 12.7 Å². The van der Waals surface area contributed by atoms with Gasteiger partial charge in [0.05, 0.1) is 12.7 Å². The number of rotatable bonds is 6. The number of hydrogen-bond acceptors (Lipinski definition) is 3. The molecule has 2 aliphatic rings. The molecule has 4 heteroatoms. The first kappa shape index (κ1) is 12.8. The minimum Gasteiger partial charge on any atom is -0.326 e. The quantitative estimate of drug-likeness (QED) is 0.752. The summed E-state index contributed by atoms with van der Waals surface area (Å²) in [4.78, 5) is 16.3. The summed E-state index contributed by atoms with van der Waals surface area (Å²) in [5.41, 5.74) is 0. The van der Waals surface area contributed by atoms with Crippen LogP contribution in [0.2, 0.25) is 0 Å². The highest BCUT2D eigenvalue weighted by atomic mass is 16.2. The molecule has 2 heterocycles. The van der Waals surface area contributed by atoms with Gasteiger partial charge < -0.3 is 9.80 Å². The summed E-state index contributed by atoms with van der Waals surface area (Å²) < 4.78 is 0. The fourth-order valence-corrected chi connectivity index (χ4v) is 2.87. The van der Waals surface area contributed by atoms with Crippen LogP contribution in [0, 0.1) is 0 Å². The Morgan fingerprint density at radius 1 is 1.29 bits per heavy atom. The molecule has 4 nitrogen and oxygen atoms in total. The molecule has 0 aliphatic carbocycles. The Kier molecular flexibility index (Phi) is 4.80. The van der Waals surface area contributed by atoms with Gasteiger partial charge in [-0.15, -0.1) is 0 Å². The maximum absolute atomic E-state index is 11.7. The zero-order valence-electron chi connectivity index (χ0n) is 11.0. The standard InChI is InChI=1S/C13H25N3O/c1-2-6-12-14-11-13(17)16(12)10-5-9-15-7-3-4-8-15/h12,14H,2-11H2,1H3. The number of carbonyl (C=O) groups excluding carboxylic acids is 1. The van der Waals surface area contributed by atoms with Crippen molar-refractivity contribution in [2.45, 2.75) is 45.2 Å². The van der Waals surface area contributed by atoms with Gasteiger partial charge in [0.1, 0.15) is 0 Å². The molecule has 0 aromatic carbocycles. The molecule has 0 spiro atoms. The molecule has 0 saturated carbocycles. The minimum absolute atomic E-state index is 0.282. The van der Waals surface area contributed by atoms with Gasteiger partial charge in [-0.25, -0.2) is 0 Å². The fraction of sp³-hybridized carbons (Fsp3) is 0.923. The largest absolute Gasteiger partial charge is 0.326 e. The summed E-state index contributed by atoms with van der Waals surface area (Å²) in [6.07, 6.45) is 6.33. The van der Waals surface area contributed by atoms with E-state index < -0.39 is 0 Å². The van der Waals surface area contributed by atoms with Crippen LogP contribution in [0.5, 0.6) is 0 Å². The van der Waals surface area contributed by atoms with Gasteiger partial charge in [0.15, 0.2) is 0 Å². The van der Waals surface area contributed by atoms with Crippen LogP contribution in [-0.2, 0) is 4.79 Å². The SMILES string of the molecule is CCCC1NCC(=O)N1CCCN1CCCC1. The molecule has 1 N–H and O–H groups in total. The highest BCUT2D eigenvalue weighted by Crippen LogP contribution is 2.12. The Hall–Kier alpha value is -0.610. The van der Waals surface area contributed by atoms with Crippen molar-refractivity contribution in [3.8, 4) is 0 Å². The molecular weight excluding hydrogens is 214 g/mol. The summed E-state index contributed by atoms with van der Waals surface area (Å²) in [5.74, 6) is 0.282. The first-order valence-electron chi connectivity index (χ1n) is 7.06. The van der Waals surface area contributed by atoms with Crippen molar-refractivity contribution in [1.82, 2.24) is 15.1 Å². The van der Waals surface area contributed by atoms with E-state index in [1.54, 1.807) is 0 Å². The van der Waals surface area contributed by atoms with E-state index in [-0.39, 0.29) is 5.91 Å². The van der Waals surface area contributed by atoms with Crippen molar-refractivity contribution in [2.75, 3.05) is 32.7 Å². The predicted octanol–water partition coefficient (Wildman–Crippen LogP) is 1.03. The maximum atomic E-state index is 11.7. The van der Waals surface area contributed by atoms with E-state index in [1.807, 2.05) is 4.90 Å². The maximum Gasteiger partial charge on any atom is 0.237 e. The van der Waals surface area contributed by atoms with E-state index >= 15 is 0 Å². The molecule has 17 heavy (non-hydrogen) atoms. The van der Waals surface area contributed by atoms with Crippen molar-refractivity contribution in [3.63, 3.8) is 0 Å². The van der Waals surface area contributed by atoms with Gasteiger partial charge in [-0.1, -0.05) is 13.3 Å². The van der Waals surface area contributed by atoms with Crippen LogP contribution >= 0.6 is 0 Å². The molecule has 2 fully saturated rings. The third kappa shape index (κ3) is 3.42. The first-order valence-corrected chi connectivity index (χ1v) is 7.06. The number of carbonyl (C=O) groups is 1. The second-order valence-corrected chi connectivity index (χ2v) is 5.17. The molecule has 0 aromatic rings. The molecule has 1 unspecified atom stereocenters. The summed E-state index contributed by atoms with van der Waals surface area (Å²) in [6, 6.07) is 0. The van der Waals surface area contributed by atoms with E-state index in [0.717, 1.165) is 32.4 Å². The number of nitrogens with zero attached hydrogens (tertiary/aromatic N) is 2. The van der Waals surface area contributed by atoms with Crippen LogP contribution in [0.3, 0.4) is 0 Å². The highest BCUT2D eigenvalue weighted by Gasteiger charge is 2.28. The normalized spacial score (nSPS) is 26.1. The van der Waals surface area contributed by atoms with Crippen molar-refractivity contribution in [3.05, 3.63) is 0 Å². The van der Waals surface area contributed by atoms with E-state index in [2.05, 4.69) is 17.1 Å². The molecule has 98 valence electrons. The molecule has 2 aliphatic heterocycles. The lowest BCUT2D eigenvalue weighted by Gasteiger charge is -2.25. The molecule has 0 radical (unpaired) electrons. The summed E-state index contributed by atoms with van der Waals surface area (Å²) in [6.45, 7) is 7.30. The summed E-state index contributed by atoms with van der Waals surface area (Å²) >= 11 is 0. The van der Waals surface area contributed by atoms with Crippen molar-refractivity contribution >= 4 is 5.91 Å². The molecule has 0 aromatic heterocycles. The lowest BCUT2D eigenvalue weighted by molar-refractivity contribution is -0.128. The Labute approximate surface area is 104 Å². The zero-order chi connectivity index (χ0) is 12.1. The van der Waals surface area contributed by atoms with Crippen molar-refractivity contribution in [1.29, 1.82) is 0 Å². The molecule has 1 amide bonds. The molecule has 0 bridgehead atoms. The molecular formula is C13H25N3O. The predicted molar refractivity (Wildman–Crippen MR) is 68.7 cm³/mol. The molecule has 2 saturated heterocycles. The first-order chi connectivity index (χ1) is 8.31. The molecule has 2 rings (SSSR count). The minimum atomic E-state index is 0.282. The van der Waals surface area contributed by atoms with Crippen LogP contribution in [0.1, 0.15) is 39.0 Å². The van der Waals surface area contributed by atoms with E-state index in [1.165, 1.54) is 25.9 Å². The topological polar surface area (TPSA) is 35.6 Å². The number of amides is 1. The Morgan fingerprint density at radius 2 is 2.06 bits per heavy atom. The third-order valence-corrected chi connectivity index (χ3v) is 3.82. The lowest BCUT2D eigenvalue weighted by atomic mass is 10.2. The smallest absolute Gasteiger partial charge is 0.237 e.